The normalized spacial score (nSPS) is 20.4. The van der Waals surface area contributed by atoms with Crippen molar-refractivity contribution in [2.24, 2.45) is 0 Å². The number of carbonyl (C=O) groups excluding carboxylic acids is 2. The van der Waals surface area contributed by atoms with E-state index in [-0.39, 0.29) is 16.3 Å². The molecule has 0 bridgehead atoms. The molecule has 0 aromatic carbocycles. The third-order valence-corrected chi connectivity index (χ3v) is 4.09. The number of amides is 1. The second-order valence-electron chi connectivity index (χ2n) is 3.68. The van der Waals surface area contributed by atoms with Gasteiger partial charge in [-0.1, -0.05) is 11.8 Å². The minimum Gasteiger partial charge on any atom is -0.336 e. The molecular weight excluding hydrogens is 244 g/mol. The lowest BCUT2D eigenvalue weighted by molar-refractivity contribution is -0.128. The van der Waals surface area contributed by atoms with Crippen molar-refractivity contribution in [3.8, 4) is 0 Å². The van der Waals surface area contributed by atoms with Gasteiger partial charge in [-0.05, 0) is 0 Å². The Bertz CT molecular complexity index is 392. The number of likely N-dealkylation sites (tertiary alicyclic amines) is 1. The predicted molar refractivity (Wildman–Crippen MR) is 64.2 cm³/mol. The lowest BCUT2D eigenvalue weighted by Crippen LogP contribution is -2.24. The minimum atomic E-state index is 0.0810. The van der Waals surface area contributed by atoms with Gasteiger partial charge < -0.3 is 4.90 Å². The molecule has 1 atom stereocenters. The zero-order valence-corrected chi connectivity index (χ0v) is 10.5. The van der Waals surface area contributed by atoms with Gasteiger partial charge >= 0.3 is 0 Å². The maximum Gasteiger partial charge on any atom is 0.224 e. The number of nitrogens with zero attached hydrogens (tertiary/aromatic N) is 2. The van der Waals surface area contributed by atoms with E-state index in [1.54, 1.807) is 34.9 Å². The van der Waals surface area contributed by atoms with Crippen LogP contribution in [0.3, 0.4) is 0 Å². The number of hydrogen-bond acceptors (Lipinski definition) is 5. The third-order valence-electron chi connectivity index (χ3n) is 2.34. The first-order valence-electron chi connectivity index (χ1n) is 4.97. The smallest absolute Gasteiger partial charge is 0.224 e. The van der Waals surface area contributed by atoms with Crippen LogP contribution in [-0.4, -0.2) is 32.7 Å². The highest BCUT2D eigenvalue weighted by atomic mass is 32.2. The summed E-state index contributed by atoms with van der Waals surface area (Å²) in [5.74, 6) is 0.132. The molecule has 1 aliphatic rings. The SMILES string of the molecule is CC(=O)SC1CC(=O)N(Cc2cncs2)C1. The van der Waals surface area contributed by atoms with Crippen molar-refractivity contribution < 1.29 is 9.59 Å². The van der Waals surface area contributed by atoms with Crippen LogP contribution in [0.1, 0.15) is 18.2 Å². The summed E-state index contributed by atoms with van der Waals surface area (Å²) in [4.78, 5) is 29.5. The Morgan fingerprint density at radius 2 is 2.56 bits per heavy atom. The van der Waals surface area contributed by atoms with E-state index in [2.05, 4.69) is 4.98 Å². The van der Waals surface area contributed by atoms with Gasteiger partial charge in [0, 0.05) is 36.2 Å². The molecule has 2 rings (SSSR count). The Kier molecular flexibility index (Phi) is 3.60. The lowest BCUT2D eigenvalue weighted by atomic mass is 10.4. The number of thioether (sulfide) groups is 1. The first-order valence-corrected chi connectivity index (χ1v) is 6.73. The van der Waals surface area contributed by atoms with Gasteiger partial charge in [-0.15, -0.1) is 11.3 Å². The number of aromatic nitrogens is 1. The molecule has 1 aromatic rings. The van der Waals surface area contributed by atoms with Gasteiger partial charge in [0.2, 0.25) is 5.91 Å². The van der Waals surface area contributed by atoms with Crippen molar-refractivity contribution in [2.75, 3.05) is 6.54 Å². The van der Waals surface area contributed by atoms with Crippen molar-refractivity contribution in [1.82, 2.24) is 9.88 Å². The average Bonchev–Trinajstić information content (AvgIpc) is 2.77. The largest absolute Gasteiger partial charge is 0.336 e. The topological polar surface area (TPSA) is 50.3 Å². The fourth-order valence-corrected chi connectivity index (χ4v) is 3.27. The van der Waals surface area contributed by atoms with E-state index >= 15 is 0 Å². The van der Waals surface area contributed by atoms with E-state index in [1.165, 1.54) is 11.8 Å². The van der Waals surface area contributed by atoms with Gasteiger partial charge in [0.25, 0.3) is 0 Å². The number of carbonyl (C=O) groups is 2. The second-order valence-corrected chi connectivity index (χ2v) is 6.13. The van der Waals surface area contributed by atoms with Crippen LogP contribution >= 0.6 is 23.1 Å². The first-order chi connectivity index (χ1) is 7.65. The zero-order valence-electron chi connectivity index (χ0n) is 8.88. The molecule has 4 nitrogen and oxygen atoms in total. The molecule has 1 amide bonds. The van der Waals surface area contributed by atoms with Gasteiger partial charge in [0.1, 0.15) is 0 Å². The molecule has 1 aliphatic heterocycles. The van der Waals surface area contributed by atoms with Crippen LogP contribution in [0.5, 0.6) is 0 Å². The van der Waals surface area contributed by atoms with Crippen molar-refractivity contribution in [3.63, 3.8) is 0 Å². The fourth-order valence-electron chi connectivity index (χ4n) is 1.71. The molecular formula is C10H12N2O2S2. The zero-order chi connectivity index (χ0) is 11.5. The molecule has 86 valence electrons. The molecule has 0 spiro atoms. The van der Waals surface area contributed by atoms with E-state index in [1.807, 2.05) is 0 Å². The maximum atomic E-state index is 11.7. The van der Waals surface area contributed by atoms with Crippen LogP contribution in [-0.2, 0) is 16.1 Å². The summed E-state index contributed by atoms with van der Waals surface area (Å²) in [5.41, 5.74) is 1.76. The summed E-state index contributed by atoms with van der Waals surface area (Å²) in [6.45, 7) is 2.83. The van der Waals surface area contributed by atoms with E-state index in [4.69, 9.17) is 0 Å². The highest BCUT2D eigenvalue weighted by Crippen LogP contribution is 2.25. The van der Waals surface area contributed by atoms with Gasteiger partial charge in [-0.25, -0.2) is 0 Å². The van der Waals surface area contributed by atoms with Crippen LogP contribution < -0.4 is 0 Å². The summed E-state index contributed by atoms with van der Waals surface area (Å²) in [7, 11) is 0. The molecule has 1 saturated heterocycles. The van der Waals surface area contributed by atoms with Crippen molar-refractivity contribution in [1.29, 1.82) is 0 Å². The number of thiazole rings is 1. The Hall–Kier alpha value is -0.880. The van der Waals surface area contributed by atoms with Crippen molar-refractivity contribution >= 4 is 34.1 Å². The predicted octanol–water partition coefficient (Wildman–Crippen LogP) is 1.52. The Morgan fingerprint density at radius 3 is 3.19 bits per heavy atom. The quantitative estimate of drug-likeness (QED) is 0.823. The molecule has 6 heteroatoms. The highest BCUT2D eigenvalue weighted by Gasteiger charge is 2.30. The molecule has 16 heavy (non-hydrogen) atoms. The van der Waals surface area contributed by atoms with Gasteiger partial charge in [-0.3, -0.25) is 14.6 Å². The summed E-state index contributed by atoms with van der Waals surface area (Å²) >= 11 is 2.82. The number of hydrogen-bond donors (Lipinski definition) is 0. The summed E-state index contributed by atoms with van der Waals surface area (Å²) in [6, 6.07) is 0. The van der Waals surface area contributed by atoms with Crippen LogP contribution in [0.2, 0.25) is 0 Å². The fraction of sp³-hybridized carbons (Fsp3) is 0.500. The Morgan fingerprint density at radius 1 is 1.75 bits per heavy atom. The molecule has 0 radical (unpaired) electrons. The van der Waals surface area contributed by atoms with E-state index < -0.39 is 0 Å². The van der Waals surface area contributed by atoms with Gasteiger partial charge in [0.15, 0.2) is 5.12 Å². The molecule has 1 aromatic heterocycles. The van der Waals surface area contributed by atoms with Crippen molar-refractivity contribution in [3.05, 3.63) is 16.6 Å². The second kappa shape index (κ2) is 4.97. The van der Waals surface area contributed by atoms with Crippen LogP contribution in [0.25, 0.3) is 0 Å². The summed E-state index contributed by atoms with van der Waals surface area (Å²) in [6.07, 6.45) is 2.26. The first kappa shape index (κ1) is 11.6. The van der Waals surface area contributed by atoms with Crippen LogP contribution in [0.15, 0.2) is 11.7 Å². The van der Waals surface area contributed by atoms with E-state index in [9.17, 15) is 9.59 Å². The molecule has 0 saturated carbocycles. The monoisotopic (exact) mass is 256 g/mol. The standard InChI is InChI=1S/C10H12N2O2S2/c1-7(13)16-8-2-10(14)12(4-8)5-9-3-11-6-15-9/h3,6,8H,2,4-5H2,1H3. The van der Waals surface area contributed by atoms with Crippen molar-refractivity contribution in [2.45, 2.75) is 25.1 Å². The Labute approximate surface area is 102 Å². The van der Waals surface area contributed by atoms with Gasteiger partial charge in [-0.2, -0.15) is 0 Å². The van der Waals surface area contributed by atoms with E-state index in [0.717, 1.165) is 4.88 Å². The summed E-state index contributed by atoms with van der Waals surface area (Å²) in [5, 5.41) is 0.204. The summed E-state index contributed by atoms with van der Waals surface area (Å²) < 4.78 is 0. The molecule has 0 aliphatic carbocycles. The van der Waals surface area contributed by atoms with Gasteiger partial charge in [0.05, 0.1) is 12.1 Å². The van der Waals surface area contributed by atoms with Crippen LogP contribution in [0, 0.1) is 0 Å². The molecule has 0 N–H and O–H groups in total. The minimum absolute atomic E-state index is 0.0810. The van der Waals surface area contributed by atoms with E-state index in [0.29, 0.717) is 19.5 Å². The average molecular weight is 256 g/mol. The third kappa shape index (κ3) is 2.82. The lowest BCUT2D eigenvalue weighted by Gasteiger charge is -2.14. The molecule has 1 unspecified atom stereocenters. The van der Waals surface area contributed by atoms with Crippen LogP contribution in [0.4, 0.5) is 0 Å². The number of rotatable bonds is 3. The molecule has 1 fully saturated rings. The Balaban J connectivity index is 1.92. The highest BCUT2D eigenvalue weighted by molar-refractivity contribution is 8.14. The maximum absolute atomic E-state index is 11.7. The molecule has 2 heterocycles.